The largest absolute Gasteiger partial charge is 0.458 e. The number of methoxy groups -OCH3 is 1. The molecule has 0 aromatic heterocycles. The Labute approximate surface area is 91.9 Å². The van der Waals surface area contributed by atoms with E-state index in [1.165, 1.54) is 0 Å². The lowest BCUT2D eigenvalue weighted by atomic mass is 10.2. The van der Waals surface area contributed by atoms with Crippen molar-refractivity contribution in [2.45, 2.75) is 6.92 Å². The maximum atomic E-state index is 11.1. The fraction of sp³-hybridized carbons (Fsp3) is 0.200. The molecule has 0 aliphatic heterocycles. The minimum Gasteiger partial charge on any atom is -0.450 e. The van der Waals surface area contributed by atoms with Gasteiger partial charge in [0.1, 0.15) is 5.75 Å². The summed E-state index contributed by atoms with van der Waals surface area (Å²) in [7, 11) is 1.13. The van der Waals surface area contributed by atoms with Gasteiger partial charge in [-0.25, -0.2) is 9.59 Å². The van der Waals surface area contributed by atoms with Gasteiger partial charge in [-0.15, -0.1) is 0 Å². The van der Waals surface area contributed by atoms with Gasteiger partial charge in [0.05, 0.1) is 7.11 Å². The number of hydrogen-bond acceptors (Lipinski definition) is 4. The van der Waals surface area contributed by atoms with E-state index in [4.69, 9.17) is 4.74 Å². The summed E-state index contributed by atoms with van der Waals surface area (Å²) < 4.78 is 8.95. The summed E-state index contributed by atoms with van der Waals surface area (Å²) in [5, 5.41) is 5.96. The highest BCUT2D eigenvalue weighted by molar-refractivity contribution is 5.74. The smallest absolute Gasteiger partial charge is 0.450 e. The van der Waals surface area contributed by atoms with Gasteiger partial charge in [-0.2, -0.15) is 0 Å². The molecule has 6 nitrogen and oxygen atoms in total. The van der Waals surface area contributed by atoms with Crippen molar-refractivity contribution in [3.8, 4) is 5.75 Å². The van der Waals surface area contributed by atoms with Gasteiger partial charge in [0.25, 0.3) is 0 Å². The normalized spacial score (nSPS) is 10.1. The maximum absolute atomic E-state index is 11.1. The molecule has 0 aliphatic rings. The van der Waals surface area contributed by atoms with E-state index in [0.29, 0.717) is 5.75 Å². The van der Waals surface area contributed by atoms with Crippen molar-refractivity contribution in [1.82, 2.24) is 0 Å². The molecule has 1 rings (SSSR count). The van der Waals surface area contributed by atoms with Crippen molar-refractivity contribution in [1.29, 1.82) is 0 Å². The van der Waals surface area contributed by atoms with E-state index in [0.717, 1.165) is 12.7 Å². The molecule has 0 bridgehead atoms. The van der Waals surface area contributed by atoms with Crippen LogP contribution in [0.3, 0.4) is 0 Å². The summed E-state index contributed by atoms with van der Waals surface area (Å²) in [5.74, 6) is 0.341. The molecule has 0 spiro atoms. The van der Waals surface area contributed by atoms with Crippen LogP contribution in [-0.2, 0) is 4.74 Å². The highest BCUT2D eigenvalue weighted by atomic mass is 16.6. The standard InChI is InChI=1S/C10H10N2O4/c1-7-4-3-5-8(6-7)16-10(14)12-11-9(13)15-2/h3-6H,1-2H3. The summed E-state index contributed by atoms with van der Waals surface area (Å²) in [6.07, 6.45) is -1.93. The highest BCUT2D eigenvalue weighted by Gasteiger charge is 2.04. The third kappa shape index (κ3) is 3.87. The van der Waals surface area contributed by atoms with Crippen LogP contribution >= 0.6 is 0 Å². The highest BCUT2D eigenvalue weighted by Crippen LogP contribution is 2.12. The Balaban J connectivity index is 2.58. The van der Waals surface area contributed by atoms with E-state index in [-0.39, 0.29) is 0 Å². The first-order valence-corrected chi connectivity index (χ1v) is 4.40. The third-order valence-electron chi connectivity index (χ3n) is 1.58. The zero-order valence-electron chi connectivity index (χ0n) is 8.84. The number of amides is 2. The van der Waals surface area contributed by atoms with Crippen LogP contribution in [-0.4, -0.2) is 19.3 Å². The van der Waals surface area contributed by atoms with Gasteiger partial charge in [0.2, 0.25) is 0 Å². The van der Waals surface area contributed by atoms with Crippen LogP contribution in [0.5, 0.6) is 5.75 Å². The van der Waals surface area contributed by atoms with Crippen LogP contribution in [0.1, 0.15) is 5.56 Å². The van der Waals surface area contributed by atoms with Crippen molar-refractivity contribution >= 4 is 12.2 Å². The quantitative estimate of drug-likeness (QED) is 0.684. The zero-order valence-corrected chi connectivity index (χ0v) is 8.84. The fourth-order valence-corrected chi connectivity index (χ4v) is 0.923. The number of nitrogens with zero attached hydrogens (tertiary/aromatic N) is 2. The molecule has 0 atom stereocenters. The number of carbonyl (C=O) groups excluding carboxylic acids is 2. The van der Waals surface area contributed by atoms with Crippen LogP contribution in [0.25, 0.3) is 0 Å². The van der Waals surface area contributed by atoms with Crippen LogP contribution < -0.4 is 4.74 Å². The van der Waals surface area contributed by atoms with E-state index in [1.807, 2.05) is 13.0 Å². The number of azo groups is 1. The van der Waals surface area contributed by atoms with Crippen molar-refractivity contribution in [3.05, 3.63) is 29.8 Å². The van der Waals surface area contributed by atoms with Gasteiger partial charge in [0.15, 0.2) is 0 Å². The monoisotopic (exact) mass is 222 g/mol. The lowest BCUT2D eigenvalue weighted by Crippen LogP contribution is -2.02. The first-order chi connectivity index (χ1) is 7.61. The molecule has 16 heavy (non-hydrogen) atoms. The SMILES string of the molecule is COC(=O)N=NC(=O)Oc1cccc(C)c1. The van der Waals surface area contributed by atoms with Crippen molar-refractivity contribution in [2.75, 3.05) is 7.11 Å². The lowest BCUT2D eigenvalue weighted by Gasteiger charge is -1.99. The molecule has 84 valence electrons. The molecule has 0 saturated heterocycles. The van der Waals surface area contributed by atoms with Gasteiger partial charge in [-0.1, -0.05) is 22.4 Å². The van der Waals surface area contributed by atoms with E-state index in [1.54, 1.807) is 18.2 Å². The molecule has 0 N–H and O–H groups in total. The molecule has 0 aliphatic carbocycles. The van der Waals surface area contributed by atoms with Gasteiger partial charge in [-0.05, 0) is 24.6 Å². The van der Waals surface area contributed by atoms with Gasteiger partial charge in [0, 0.05) is 0 Å². The summed E-state index contributed by atoms with van der Waals surface area (Å²) in [5.41, 5.74) is 0.940. The van der Waals surface area contributed by atoms with Crippen molar-refractivity contribution < 1.29 is 19.1 Å². The van der Waals surface area contributed by atoms with Gasteiger partial charge in [-0.3, -0.25) is 0 Å². The Kier molecular flexibility index (Phi) is 4.14. The average Bonchev–Trinajstić information content (AvgIpc) is 2.26. The summed E-state index contributed by atoms with van der Waals surface area (Å²) in [6.45, 7) is 1.85. The van der Waals surface area contributed by atoms with Gasteiger partial charge >= 0.3 is 12.2 Å². The molecule has 0 radical (unpaired) electrons. The average molecular weight is 222 g/mol. The molecule has 1 aromatic rings. The topological polar surface area (TPSA) is 77.3 Å². The Bertz CT molecular complexity index is 429. The third-order valence-corrected chi connectivity index (χ3v) is 1.58. The summed E-state index contributed by atoms with van der Waals surface area (Å²) >= 11 is 0. The predicted octanol–water partition coefficient (Wildman–Crippen LogP) is 2.71. The van der Waals surface area contributed by atoms with E-state index >= 15 is 0 Å². The molecular formula is C10H10N2O4. The van der Waals surface area contributed by atoms with E-state index in [2.05, 4.69) is 15.0 Å². The van der Waals surface area contributed by atoms with E-state index in [9.17, 15) is 9.59 Å². The molecular weight excluding hydrogens is 212 g/mol. The Morgan fingerprint density at radius 3 is 2.50 bits per heavy atom. The fourth-order valence-electron chi connectivity index (χ4n) is 0.923. The van der Waals surface area contributed by atoms with Crippen molar-refractivity contribution in [3.63, 3.8) is 0 Å². The number of benzene rings is 1. The van der Waals surface area contributed by atoms with Crippen molar-refractivity contribution in [2.24, 2.45) is 10.2 Å². The molecule has 0 fully saturated rings. The summed E-state index contributed by atoms with van der Waals surface area (Å²) in [4.78, 5) is 21.6. The first kappa shape index (κ1) is 11.8. The van der Waals surface area contributed by atoms with Crippen LogP contribution in [0.15, 0.2) is 34.5 Å². The lowest BCUT2D eigenvalue weighted by molar-refractivity contribution is 0.178. The number of carbonyl (C=O) groups is 2. The molecule has 1 aromatic carbocycles. The predicted molar refractivity (Wildman–Crippen MR) is 54.5 cm³/mol. The van der Waals surface area contributed by atoms with Crippen LogP contribution in [0, 0.1) is 6.92 Å². The summed E-state index contributed by atoms with van der Waals surface area (Å²) in [6, 6.07) is 6.84. The number of aryl methyl sites for hydroxylation is 1. The number of ether oxygens (including phenoxy) is 2. The number of rotatable bonds is 1. The Hall–Kier alpha value is -2.24. The molecule has 6 heteroatoms. The molecule has 2 amide bonds. The molecule has 0 heterocycles. The maximum Gasteiger partial charge on any atom is 0.458 e. The Morgan fingerprint density at radius 2 is 1.88 bits per heavy atom. The molecule has 0 saturated carbocycles. The number of hydrogen-bond donors (Lipinski definition) is 0. The minimum absolute atomic E-state index is 0.341. The van der Waals surface area contributed by atoms with E-state index < -0.39 is 12.2 Å². The second-order valence-electron chi connectivity index (χ2n) is 2.85. The van der Waals surface area contributed by atoms with Crippen LogP contribution in [0.2, 0.25) is 0 Å². The first-order valence-electron chi connectivity index (χ1n) is 4.40. The van der Waals surface area contributed by atoms with Crippen LogP contribution in [0.4, 0.5) is 9.59 Å². The second-order valence-corrected chi connectivity index (χ2v) is 2.85. The Morgan fingerprint density at radius 1 is 1.19 bits per heavy atom. The molecule has 0 unspecified atom stereocenters. The zero-order chi connectivity index (χ0) is 12.0. The second kappa shape index (κ2) is 5.59. The minimum atomic E-state index is -0.976. The van der Waals surface area contributed by atoms with Gasteiger partial charge < -0.3 is 9.47 Å².